The summed E-state index contributed by atoms with van der Waals surface area (Å²) >= 11 is 0. The molecule has 84 valence electrons. The average molecular weight is 220 g/mol. The molecule has 0 saturated heterocycles. The lowest BCUT2D eigenvalue weighted by Gasteiger charge is -2.16. The highest BCUT2D eigenvalue weighted by molar-refractivity contribution is 5.85. The normalized spacial score (nSPS) is 13.9. The van der Waals surface area contributed by atoms with E-state index in [0.717, 1.165) is 12.8 Å². The van der Waals surface area contributed by atoms with Gasteiger partial charge in [0, 0.05) is 0 Å². The summed E-state index contributed by atoms with van der Waals surface area (Å²) in [5, 5.41) is 0. The molecule has 0 aliphatic heterocycles. The predicted octanol–water partition coefficient (Wildman–Crippen LogP) is 2.68. The minimum atomic E-state index is 0. The van der Waals surface area contributed by atoms with Crippen molar-refractivity contribution in [2.45, 2.75) is 45.8 Å². The third-order valence-electron chi connectivity index (χ3n) is 2.04. The second-order valence-corrected chi connectivity index (χ2v) is 3.47. The maximum Gasteiger partial charge on any atom is 0.112 e. The number of hydrogen-bond acceptors (Lipinski definition) is 3. The van der Waals surface area contributed by atoms with Crippen LogP contribution in [0.15, 0.2) is 9.98 Å². The summed E-state index contributed by atoms with van der Waals surface area (Å²) in [4.78, 5) is 10.5. The SMILES string of the molecule is CCC(C)N=C=NC(CC)N(C)C.Cl. The third kappa shape index (κ3) is 7.07. The van der Waals surface area contributed by atoms with Gasteiger partial charge in [-0.05, 0) is 33.9 Å². The highest BCUT2D eigenvalue weighted by Crippen LogP contribution is 1.99. The monoisotopic (exact) mass is 219 g/mol. The van der Waals surface area contributed by atoms with Gasteiger partial charge in [-0.25, -0.2) is 9.98 Å². The van der Waals surface area contributed by atoms with Crippen LogP contribution in [0.1, 0.15) is 33.6 Å². The van der Waals surface area contributed by atoms with Gasteiger partial charge in [0.1, 0.15) is 6.17 Å². The fourth-order valence-electron chi connectivity index (χ4n) is 0.862. The molecule has 0 aromatic heterocycles. The molecule has 0 spiro atoms. The molecule has 4 heteroatoms. The van der Waals surface area contributed by atoms with E-state index in [9.17, 15) is 0 Å². The van der Waals surface area contributed by atoms with Gasteiger partial charge in [0.15, 0.2) is 0 Å². The maximum atomic E-state index is 4.24. The van der Waals surface area contributed by atoms with Crippen molar-refractivity contribution >= 4 is 18.4 Å². The van der Waals surface area contributed by atoms with Gasteiger partial charge in [-0.1, -0.05) is 13.8 Å². The molecule has 3 nitrogen and oxygen atoms in total. The first-order valence-corrected chi connectivity index (χ1v) is 4.92. The minimum Gasteiger partial charge on any atom is -0.287 e. The van der Waals surface area contributed by atoms with Crippen LogP contribution in [0.3, 0.4) is 0 Å². The largest absolute Gasteiger partial charge is 0.287 e. The molecule has 0 aliphatic carbocycles. The number of nitrogens with zero attached hydrogens (tertiary/aromatic N) is 3. The maximum absolute atomic E-state index is 4.24. The van der Waals surface area contributed by atoms with E-state index < -0.39 is 0 Å². The molecule has 0 aromatic rings. The van der Waals surface area contributed by atoms with Gasteiger partial charge < -0.3 is 0 Å². The number of aliphatic imine (C=N–C) groups is 2. The first-order valence-electron chi connectivity index (χ1n) is 4.92. The summed E-state index contributed by atoms with van der Waals surface area (Å²) in [5.41, 5.74) is 0. The summed E-state index contributed by atoms with van der Waals surface area (Å²) in [7, 11) is 4.03. The molecular formula is C10H22ClN3. The van der Waals surface area contributed by atoms with Gasteiger partial charge in [-0.2, -0.15) is 0 Å². The van der Waals surface area contributed by atoms with Gasteiger partial charge in [-0.3, -0.25) is 4.90 Å². The summed E-state index contributed by atoms with van der Waals surface area (Å²) in [5.74, 6) is 0. The highest BCUT2D eigenvalue weighted by Gasteiger charge is 2.03. The molecule has 0 radical (unpaired) electrons. The molecule has 0 amide bonds. The standard InChI is InChI=1S/C10H21N3.ClH/c1-6-9(3)11-8-12-10(7-2)13(4)5;/h9-10H,6-7H2,1-5H3;1H. The van der Waals surface area contributed by atoms with E-state index in [4.69, 9.17) is 0 Å². The molecule has 0 rings (SSSR count). The van der Waals surface area contributed by atoms with Crippen molar-refractivity contribution in [2.24, 2.45) is 9.98 Å². The lowest BCUT2D eigenvalue weighted by Crippen LogP contribution is -2.24. The predicted molar refractivity (Wildman–Crippen MR) is 64.6 cm³/mol. The van der Waals surface area contributed by atoms with Crippen molar-refractivity contribution in [1.29, 1.82) is 0 Å². The summed E-state index contributed by atoms with van der Waals surface area (Å²) < 4.78 is 0. The second-order valence-electron chi connectivity index (χ2n) is 3.47. The molecule has 14 heavy (non-hydrogen) atoms. The van der Waals surface area contributed by atoms with E-state index in [1.165, 1.54) is 0 Å². The van der Waals surface area contributed by atoms with Gasteiger partial charge in [-0.15, -0.1) is 12.4 Å². The van der Waals surface area contributed by atoms with Gasteiger partial charge in [0.05, 0.1) is 12.1 Å². The molecular weight excluding hydrogens is 198 g/mol. The topological polar surface area (TPSA) is 28.0 Å². The van der Waals surface area contributed by atoms with Gasteiger partial charge in [0.2, 0.25) is 0 Å². The molecule has 0 bridgehead atoms. The molecule has 2 atom stereocenters. The van der Waals surface area contributed by atoms with Gasteiger partial charge in [0.25, 0.3) is 0 Å². The second kappa shape index (κ2) is 9.20. The summed E-state index contributed by atoms with van der Waals surface area (Å²) in [6.45, 7) is 6.29. The third-order valence-corrected chi connectivity index (χ3v) is 2.04. The highest BCUT2D eigenvalue weighted by atomic mass is 35.5. The van der Waals surface area contributed by atoms with E-state index in [-0.39, 0.29) is 18.6 Å². The Bertz CT molecular complexity index is 186. The van der Waals surface area contributed by atoms with Crippen LogP contribution in [0.25, 0.3) is 0 Å². The van der Waals surface area contributed by atoms with Crippen molar-refractivity contribution < 1.29 is 0 Å². The summed E-state index contributed by atoms with van der Waals surface area (Å²) in [6, 6.07) is 3.11. The first kappa shape index (κ1) is 16.1. The van der Waals surface area contributed by atoms with Crippen LogP contribution in [0.5, 0.6) is 0 Å². The van der Waals surface area contributed by atoms with Crippen LogP contribution in [0, 0.1) is 0 Å². The molecule has 0 fully saturated rings. The van der Waals surface area contributed by atoms with Crippen LogP contribution in [-0.4, -0.2) is 37.2 Å². The Hall–Kier alpha value is -0.370. The molecule has 0 N–H and O–H groups in total. The molecule has 0 aliphatic rings. The summed E-state index contributed by atoms with van der Waals surface area (Å²) in [6.07, 6.45) is 2.25. The van der Waals surface area contributed by atoms with Crippen LogP contribution < -0.4 is 0 Å². The first-order chi connectivity index (χ1) is 6.11. The van der Waals surface area contributed by atoms with E-state index in [2.05, 4.69) is 41.7 Å². The zero-order valence-electron chi connectivity index (χ0n) is 9.82. The minimum absolute atomic E-state index is 0. The smallest absolute Gasteiger partial charge is 0.112 e. The Balaban J connectivity index is 0. The quantitative estimate of drug-likeness (QED) is 0.654. The Morgan fingerprint density at radius 1 is 1.14 bits per heavy atom. The Labute approximate surface area is 93.7 Å². The lowest BCUT2D eigenvalue weighted by atomic mass is 10.3. The van der Waals surface area contributed by atoms with E-state index in [0.29, 0.717) is 6.04 Å². The van der Waals surface area contributed by atoms with Crippen molar-refractivity contribution in [2.75, 3.05) is 14.1 Å². The zero-order valence-corrected chi connectivity index (χ0v) is 10.6. The Morgan fingerprint density at radius 2 is 1.71 bits per heavy atom. The molecule has 2 unspecified atom stereocenters. The van der Waals surface area contributed by atoms with Crippen molar-refractivity contribution in [3.8, 4) is 0 Å². The van der Waals surface area contributed by atoms with Crippen LogP contribution >= 0.6 is 12.4 Å². The molecule has 0 aromatic carbocycles. The lowest BCUT2D eigenvalue weighted by molar-refractivity contribution is 0.296. The molecule has 0 heterocycles. The van der Waals surface area contributed by atoms with E-state index >= 15 is 0 Å². The number of rotatable bonds is 5. The van der Waals surface area contributed by atoms with E-state index in [1.807, 2.05) is 14.1 Å². The fourth-order valence-corrected chi connectivity index (χ4v) is 0.862. The van der Waals surface area contributed by atoms with Crippen molar-refractivity contribution in [3.05, 3.63) is 0 Å². The van der Waals surface area contributed by atoms with E-state index in [1.54, 1.807) is 0 Å². The van der Waals surface area contributed by atoms with Crippen molar-refractivity contribution in [3.63, 3.8) is 0 Å². The average Bonchev–Trinajstić information content (AvgIpc) is 2.11. The fraction of sp³-hybridized carbons (Fsp3) is 0.900. The van der Waals surface area contributed by atoms with Crippen LogP contribution in [0.2, 0.25) is 0 Å². The number of hydrogen-bond donors (Lipinski definition) is 0. The van der Waals surface area contributed by atoms with Gasteiger partial charge >= 0.3 is 0 Å². The Kier molecular flexibility index (Phi) is 10.6. The zero-order chi connectivity index (χ0) is 10.3. The molecule has 0 saturated carbocycles. The van der Waals surface area contributed by atoms with Crippen LogP contribution in [-0.2, 0) is 0 Å². The Morgan fingerprint density at radius 3 is 2.07 bits per heavy atom. The van der Waals surface area contributed by atoms with Crippen molar-refractivity contribution in [1.82, 2.24) is 4.90 Å². The van der Waals surface area contributed by atoms with Crippen LogP contribution in [0.4, 0.5) is 0 Å². The number of halogens is 1.